The van der Waals surface area contributed by atoms with Crippen molar-refractivity contribution in [1.29, 1.82) is 0 Å². The molecule has 1 atom stereocenters. The van der Waals surface area contributed by atoms with E-state index in [9.17, 15) is 10.1 Å². The third kappa shape index (κ3) is 3.06. The zero-order valence-corrected chi connectivity index (χ0v) is 11.4. The zero-order valence-electron chi connectivity index (χ0n) is 11.4. The molecule has 0 bridgehead atoms. The van der Waals surface area contributed by atoms with Crippen LogP contribution in [0.4, 0.5) is 11.4 Å². The molecular formula is C15H16N2O3. The summed E-state index contributed by atoms with van der Waals surface area (Å²) >= 11 is 0. The van der Waals surface area contributed by atoms with Crippen molar-refractivity contribution in [3.05, 3.63) is 64.2 Å². The Bertz CT molecular complexity index is 599. The van der Waals surface area contributed by atoms with Gasteiger partial charge < -0.3 is 10.1 Å². The lowest BCUT2D eigenvalue weighted by Gasteiger charge is -2.16. The number of nitrogens with zero attached hydrogens (tertiary/aromatic N) is 1. The molecule has 0 saturated heterocycles. The first-order chi connectivity index (χ1) is 9.61. The fourth-order valence-corrected chi connectivity index (χ4v) is 1.98. The van der Waals surface area contributed by atoms with Crippen LogP contribution in [0.1, 0.15) is 18.5 Å². The first kappa shape index (κ1) is 13.9. The van der Waals surface area contributed by atoms with E-state index in [1.165, 1.54) is 13.2 Å². The first-order valence-corrected chi connectivity index (χ1v) is 6.25. The van der Waals surface area contributed by atoms with Crippen molar-refractivity contribution in [2.75, 3.05) is 12.4 Å². The number of nitro groups is 1. The van der Waals surface area contributed by atoms with Gasteiger partial charge in [-0.2, -0.15) is 0 Å². The second-order valence-corrected chi connectivity index (χ2v) is 4.42. The second kappa shape index (κ2) is 6.06. The molecule has 20 heavy (non-hydrogen) atoms. The molecule has 2 aromatic carbocycles. The van der Waals surface area contributed by atoms with E-state index in [0.29, 0.717) is 11.4 Å². The zero-order chi connectivity index (χ0) is 14.5. The summed E-state index contributed by atoms with van der Waals surface area (Å²) in [5.74, 6) is 0.582. The number of anilines is 1. The van der Waals surface area contributed by atoms with Crippen LogP contribution in [0.15, 0.2) is 48.5 Å². The van der Waals surface area contributed by atoms with Crippen molar-refractivity contribution >= 4 is 11.4 Å². The Morgan fingerprint density at radius 3 is 2.50 bits per heavy atom. The average Bonchev–Trinajstić information content (AvgIpc) is 2.47. The number of methoxy groups -OCH3 is 1. The summed E-state index contributed by atoms with van der Waals surface area (Å²) in [6.07, 6.45) is 0. The lowest BCUT2D eigenvalue weighted by molar-refractivity contribution is -0.384. The Morgan fingerprint density at radius 1 is 1.20 bits per heavy atom. The molecule has 0 radical (unpaired) electrons. The summed E-state index contributed by atoms with van der Waals surface area (Å²) in [5, 5.41) is 14.2. The van der Waals surface area contributed by atoms with E-state index in [-0.39, 0.29) is 11.7 Å². The SMILES string of the molecule is COc1ccc([N+](=O)[O-])c(NC(C)c2ccccc2)c1. The maximum Gasteiger partial charge on any atom is 0.292 e. The smallest absolute Gasteiger partial charge is 0.292 e. The molecule has 1 unspecified atom stereocenters. The molecule has 0 aromatic heterocycles. The van der Waals surface area contributed by atoms with E-state index in [0.717, 1.165) is 5.56 Å². The van der Waals surface area contributed by atoms with Crippen LogP contribution in [0.3, 0.4) is 0 Å². The van der Waals surface area contributed by atoms with Crippen LogP contribution in [0.2, 0.25) is 0 Å². The van der Waals surface area contributed by atoms with E-state index in [1.54, 1.807) is 12.1 Å². The van der Waals surface area contributed by atoms with Crippen LogP contribution in [-0.4, -0.2) is 12.0 Å². The normalized spacial score (nSPS) is 11.7. The maximum absolute atomic E-state index is 11.1. The van der Waals surface area contributed by atoms with Crippen molar-refractivity contribution in [2.45, 2.75) is 13.0 Å². The monoisotopic (exact) mass is 272 g/mol. The van der Waals surface area contributed by atoms with E-state index < -0.39 is 4.92 Å². The van der Waals surface area contributed by atoms with Gasteiger partial charge in [0, 0.05) is 18.2 Å². The van der Waals surface area contributed by atoms with Crippen LogP contribution < -0.4 is 10.1 Å². The molecular weight excluding hydrogens is 256 g/mol. The van der Waals surface area contributed by atoms with Crippen LogP contribution in [0.25, 0.3) is 0 Å². The summed E-state index contributed by atoms with van der Waals surface area (Å²) in [6, 6.07) is 14.4. The number of nitro benzene ring substituents is 1. The van der Waals surface area contributed by atoms with Crippen LogP contribution in [0, 0.1) is 10.1 Å². The Hall–Kier alpha value is -2.56. The lowest BCUT2D eigenvalue weighted by atomic mass is 10.1. The largest absolute Gasteiger partial charge is 0.497 e. The predicted molar refractivity (Wildman–Crippen MR) is 78.1 cm³/mol. The Morgan fingerprint density at radius 2 is 1.90 bits per heavy atom. The van der Waals surface area contributed by atoms with Crippen molar-refractivity contribution < 1.29 is 9.66 Å². The molecule has 0 aliphatic heterocycles. The highest BCUT2D eigenvalue weighted by Gasteiger charge is 2.16. The van der Waals surface area contributed by atoms with Crippen molar-refractivity contribution in [3.8, 4) is 5.75 Å². The van der Waals surface area contributed by atoms with E-state index in [1.807, 2.05) is 37.3 Å². The minimum Gasteiger partial charge on any atom is -0.497 e. The third-order valence-corrected chi connectivity index (χ3v) is 3.07. The van der Waals surface area contributed by atoms with E-state index >= 15 is 0 Å². The van der Waals surface area contributed by atoms with Crippen LogP contribution >= 0.6 is 0 Å². The molecule has 1 N–H and O–H groups in total. The Balaban J connectivity index is 2.29. The van der Waals surface area contributed by atoms with Gasteiger partial charge in [0.1, 0.15) is 11.4 Å². The predicted octanol–water partition coefficient (Wildman–Crippen LogP) is 3.78. The molecule has 0 amide bonds. The summed E-state index contributed by atoms with van der Waals surface area (Å²) in [4.78, 5) is 10.7. The minimum atomic E-state index is -0.403. The molecule has 104 valence electrons. The van der Waals surface area contributed by atoms with Gasteiger partial charge in [-0.1, -0.05) is 30.3 Å². The minimum absolute atomic E-state index is 0.0357. The number of ether oxygens (including phenoxy) is 1. The van der Waals surface area contributed by atoms with Crippen molar-refractivity contribution in [3.63, 3.8) is 0 Å². The third-order valence-electron chi connectivity index (χ3n) is 3.07. The molecule has 5 heteroatoms. The van der Waals surface area contributed by atoms with E-state index in [4.69, 9.17) is 4.74 Å². The van der Waals surface area contributed by atoms with Gasteiger partial charge in [-0.3, -0.25) is 10.1 Å². The van der Waals surface area contributed by atoms with Gasteiger partial charge in [-0.25, -0.2) is 0 Å². The number of rotatable bonds is 5. The average molecular weight is 272 g/mol. The first-order valence-electron chi connectivity index (χ1n) is 6.25. The molecule has 0 aliphatic rings. The van der Waals surface area contributed by atoms with Crippen molar-refractivity contribution in [2.24, 2.45) is 0 Å². The Kier molecular flexibility index (Phi) is 4.20. The number of nitrogens with one attached hydrogen (secondary N) is 1. The molecule has 0 aliphatic carbocycles. The van der Waals surface area contributed by atoms with Gasteiger partial charge in [-0.15, -0.1) is 0 Å². The standard InChI is InChI=1S/C15H16N2O3/c1-11(12-6-4-3-5-7-12)16-14-10-13(20-2)8-9-15(14)17(18)19/h3-11,16H,1-2H3. The molecule has 0 saturated carbocycles. The van der Waals surface area contributed by atoms with Gasteiger partial charge >= 0.3 is 0 Å². The molecule has 0 spiro atoms. The van der Waals surface area contributed by atoms with Gasteiger partial charge in [0.05, 0.1) is 12.0 Å². The quantitative estimate of drug-likeness (QED) is 0.664. The van der Waals surface area contributed by atoms with Gasteiger partial charge in [0.25, 0.3) is 5.69 Å². The molecule has 0 heterocycles. The van der Waals surface area contributed by atoms with Gasteiger partial charge in [0.15, 0.2) is 0 Å². The van der Waals surface area contributed by atoms with Crippen molar-refractivity contribution in [1.82, 2.24) is 0 Å². The van der Waals surface area contributed by atoms with Crippen LogP contribution in [-0.2, 0) is 0 Å². The summed E-state index contributed by atoms with van der Waals surface area (Å²) < 4.78 is 5.11. The highest BCUT2D eigenvalue weighted by Crippen LogP contribution is 2.31. The molecule has 0 fully saturated rings. The second-order valence-electron chi connectivity index (χ2n) is 4.42. The van der Waals surface area contributed by atoms with E-state index in [2.05, 4.69) is 5.32 Å². The Labute approximate surface area is 117 Å². The summed E-state index contributed by atoms with van der Waals surface area (Å²) in [7, 11) is 1.53. The number of benzene rings is 2. The van der Waals surface area contributed by atoms with Gasteiger partial charge in [0.2, 0.25) is 0 Å². The van der Waals surface area contributed by atoms with Crippen LogP contribution in [0.5, 0.6) is 5.75 Å². The maximum atomic E-state index is 11.1. The summed E-state index contributed by atoms with van der Waals surface area (Å²) in [5.41, 5.74) is 1.55. The highest BCUT2D eigenvalue weighted by atomic mass is 16.6. The molecule has 2 aromatic rings. The number of hydrogen-bond donors (Lipinski definition) is 1. The fourth-order valence-electron chi connectivity index (χ4n) is 1.98. The highest BCUT2D eigenvalue weighted by molar-refractivity contribution is 5.64. The fraction of sp³-hybridized carbons (Fsp3) is 0.200. The number of hydrogen-bond acceptors (Lipinski definition) is 4. The summed E-state index contributed by atoms with van der Waals surface area (Å²) in [6.45, 7) is 1.96. The van der Waals surface area contributed by atoms with Gasteiger partial charge in [-0.05, 0) is 18.6 Å². The lowest BCUT2D eigenvalue weighted by Crippen LogP contribution is -2.08. The topological polar surface area (TPSA) is 64.4 Å². The molecule has 2 rings (SSSR count). The molecule has 5 nitrogen and oxygen atoms in total.